The second-order valence-electron chi connectivity index (χ2n) is 5.34. The van der Waals surface area contributed by atoms with Gasteiger partial charge in [-0.05, 0) is 37.8 Å². The maximum Gasteiger partial charge on any atom is 0.223 e. The molecule has 0 saturated heterocycles. The minimum Gasteiger partial charge on any atom is -0.390 e. The van der Waals surface area contributed by atoms with Crippen molar-refractivity contribution in [3.05, 3.63) is 29.6 Å². The van der Waals surface area contributed by atoms with E-state index in [9.17, 15) is 9.90 Å². The Bertz CT molecular complexity index is 464. The number of pyridine rings is 1. The highest BCUT2D eigenvalue weighted by Crippen LogP contribution is 2.26. The average Bonchev–Trinajstić information content (AvgIpc) is 2.46. The molecule has 1 aromatic rings. The molecule has 0 aromatic carbocycles. The summed E-state index contributed by atoms with van der Waals surface area (Å²) in [7, 11) is 1.57. The molecule has 5 heteroatoms. The van der Waals surface area contributed by atoms with E-state index in [1.807, 2.05) is 19.1 Å². The lowest BCUT2D eigenvalue weighted by molar-refractivity contribution is -0.130. The lowest BCUT2D eigenvalue weighted by atomic mass is 9.84. The molecule has 1 aromatic heterocycles. The van der Waals surface area contributed by atoms with Gasteiger partial charge in [-0.2, -0.15) is 0 Å². The van der Waals surface area contributed by atoms with E-state index in [4.69, 9.17) is 4.74 Å². The number of rotatable bonds is 4. The standard InChI is InChI=1S/C15H22N2O3/c1-10-4-3-7-16-12(10)9-17-15(19)11-5-6-13(18)14(8-11)20-2/h3-4,7,11,13-14,18H,5-6,8-9H2,1-2H3,(H,17,19)/t11-,13+,14-/m1/s1. The van der Waals surface area contributed by atoms with Crippen LogP contribution < -0.4 is 5.32 Å². The Kier molecular flexibility index (Phi) is 5.09. The first kappa shape index (κ1) is 14.9. The summed E-state index contributed by atoms with van der Waals surface area (Å²) < 4.78 is 5.22. The highest BCUT2D eigenvalue weighted by atomic mass is 16.5. The quantitative estimate of drug-likeness (QED) is 0.867. The summed E-state index contributed by atoms with van der Waals surface area (Å²) in [5.74, 6) is -0.0728. The van der Waals surface area contributed by atoms with Crippen LogP contribution in [0.1, 0.15) is 30.5 Å². The van der Waals surface area contributed by atoms with Crippen LogP contribution in [0.2, 0.25) is 0 Å². The van der Waals surface area contributed by atoms with Crippen LogP contribution >= 0.6 is 0 Å². The molecule has 1 aliphatic rings. The molecule has 5 nitrogen and oxygen atoms in total. The van der Waals surface area contributed by atoms with Crippen LogP contribution in [0.5, 0.6) is 0 Å². The summed E-state index contributed by atoms with van der Waals surface area (Å²) in [6.07, 6.45) is 2.92. The fourth-order valence-electron chi connectivity index (χ4n) is 2.62. The van der Waals surface area contributed by atoms with E-state index in [0.717, 1.165) is 11.3 Å². The zero-order valence-corrected chi connectivity index (χ0v) is 12.0. The van der Waals surface area contributed by atoms with Gasteiger partial charge < -0.3 is 15.2 Å². The topological polar surface area (TPSA) is 71.5 Å². The van der Waals surface area contributed by atoms with Gasteiger partial charge in [0.15, 0.2) is 0 Å². The van der Waals surface area contributed by atoms with Gasteiger partial charge in [0.05, 0.1) is 24.4 Å². The molecule has 0 radical (unpaired) electrons. The minimum absolute atomic E-state index is 0.0176. The third-order valence-electron chi connectivity index (χ3n) is 3.98. The molecule has 0 bridgehead atoms. The average molecular weight is 278 g/mol. The Labute approximate surface area is 119 Å². The highest BCUT2D eigenvalue weighted by molar-refractivity contribution is 5.78. The van der Waals surface area contributed by atoms with Gasteiger partial charge in [-0.25, -0.2) is 0 Å². The molecule has 0 aliphatic heterocycles. The summed E-state index contributed by atoms with van der Waals surface area (Å²) in [4.78, 5) is 16.4. The number of hydrogen-bond acceptors (Lipinski definition) is 4. The molecule has 2 N–H and O–H groups in total. The molecule has 0 spiro atoms. The van der Waals surface area contributed by atoms with Crippen molar-refractivity contribution in [2.75, 3.05) is 7.11 Å². The van der Waals surface area contributed by atoms with Crippen LogP contribution in [0.3, 0.4) is 0 Å². The second kappa shape index (κ2) is 6.81. The summed E-state index contributed by atoms with van der Waals surface area (Å²) in [6.45, 7) is 2.43. The maximum absolute atomic E-state index is 12.2. The Morgan fingerprint density at radius 1 is 1.55 bits per heavy atom. The Morgan fingerprint density at radius 2 is 2.35 bits per heavy atom. The highest BCUT2D eigenvalue weighted by Gasteiger charge is 2.32. The van der Waals surface area contributed by atoms with Gasteiger partial charge in [-0.3, -0.25) is 9.78 Å². The maximum atomic E-state index is 12.2. The number of aliphatic hydroxyl groups excluding tert-OH is 1. The largest absolute Gasteiger partial charge is 0.390 e. The first-order chi connectivity index (χ1) is 9.61. The number of carbonyl (C=O) groups is 1. The Morgan fingerprint density at radius 3 is 3.05 bits per heavy atom. The molecule has 1 aliphatic carbocycles. The number of nitrogens with zero attached hydrogens (tertiary/aromatic N) is 1. The molecule has 1 saturated carbocycles. The number of hydrogen-bond donors (Lipinski definition) is 2. The van der Waals surface area contributed by atoms with E-state index in [1.54, 1.807) is 13.3 Å². The van der Waals surface area contributed by atoms with Gasteiger partial charge in [0.2, 0.25) is 5.91 Å². The smallest absolute Gasteiger partial charge is 0.223 e. The zero-order chi connectivity index (χ0) is 14.5. The van der Waals surface area contributed by atoms with Crippen molar-refractivity contribution in [2.24, 2.45) is 5.92 Å². The SMILES string of the molecule is CO[C@@H]1C[C@H](C(=O)NCc2ncccc2C)CC[C@@H]1O. The number of carbonyl (C=O) groups excluding carboxylic acids is 1. The van der Waals surface area contributed by atoms with E-state index in [-0.39, 0.29) is 17.9 Å². The van der Waals surface area contributed by atoms with Crippen LogP contribution in [-0.4, -0.2) is 35.3 Å². The fourth-order valence-corrected chi connectivity index (χ4v) is 2.62. The number of ether oxygens (including phenoxy) is 1. The fraction of sp³-hybridized carbons (Fsp3) is 0.600. The summed E-state index contributed by atoms with van der Waals surface area (Å²) >= 11 is 0. The van der Waals surface area contributed by atoms with Crippen molar-refractivity contribution < 1.29 is 14.6 Å². The second-order valence-corrected chi connectivity index (χ2v) is 5.34. The summed E-state index contributed by atoms with van der Waals surface area (Å²) in [6, 6.07) is 3.86. The molecule has 3 atom stereocenters. The molecule has 2 rings (SSSR count). The third-order valence-corrected chi connectivity index (χ3v) is 3.98. The van der Waals surface area contributed by atoms with Gasteiger partial charge in [0.1, 0.15) is 0 Å². The Hall–Kier alpha value is -1.46. The predicted octanol–water partition coefficient (Wildman–Crippen LogP) is 1.18. The van der Waals surface area contributed by atoms with Crippen molar-refractivity contribution in [1.29, 1.82) is 0 Å². The normalized spacial score (nSPS) is 26.2. The Balaban J connectivity index is 1.88. The lowest BCUT2D eigenvalue weighted by Gasteiger charge is -2.31. The molecule has 110 valence electrons. The van der Waals surface area contributed by atoms with E-state index in [2.05, 4.69) is 10.3 Å². The van der Waals surface area contributed by atoms with Crippen molar-refractivity contribution >= 4 is 5.91 Å². The number of methoxy groups -OCH3 is 1. The van der Waals surface area contributed by atoms with Crippen molar-refractivity contribution in [3.63, 3.8) is 0 Å². The van der Waals surface area contributed by atoms with Gasteiger partial charge >= 0.3 is 0 Å². The number of aliphatic hydroxyl groups is 1. The molecule has 20 heavy (non-hydrogen) atoms. The van der Waals surface area contributed by atoms with Crippen LogP contribution in [0.15, 0.2) is 18.3 Å². The molecule has 1 heterocycles. The predicted molar refractivity (Wildman–Crippen MR) is 75.0 cm³/mol. The van der Waals surface area contributed by atoms with Crippen LogP contribution in [0, 0.1) is 12.8 Å². The van der Waals surface area contributed by atoms with Gasteiger partial charge in [-0.15, -0.1) is 0 Å². The van der Waals surface area contributed by atoms with E-state index in [1.165, 1.54) is 0 Å². The first-order valence-electron chi connectivity index (χ1n) is 7.01. The summed E-state index contributed by atoms with van der Waals surface area (Å²) in [5.41, 5.74) is 1.96. The molecular weight excluding hydrogens is 256 g/mol. The number of amides is 1. The van der Waals surface area contributed by atoms with Crippen molar-refractivity contribution in [2.45, 2.75) is 44.9 Å². The van der Waals surface area contributed by atoms with Gasteiger partial charge in [0, 0.05) is 19.2 Å². The van der Waals surface area contributed by atoms with Crippen molar-refractivity contribution in [1.82, 2.24) is 10.3 Å². The number of nitrogens with one attached hydrogen (secondary N) is 1. The van der Waals surface area contributed by atoms with Gasteiger partial charge in [0.25, 0.3) is 0 Å². The minimum atomic E-state index is -0.456. The molecule has 1 amide bonds. The van der Waals surface area contributed by atoms with E-state index < -0.39 is 6.10 Å². The van der Waals surface area contributed by atoms with Crippen LogP contribution in [0.25, 0.3) is 0 Å². The number of aryl methyl sites for hydroxylation is 1. The van der Waals surface area contributed by atoms with Gasteiger partial charge in [-0.1, -0.05) is 6.07 Å². The zero-order valence-electron chi connectivity index (χ0n) is 12.0. The van der Waals surface area contributed by atoms with E-state index in [0.29, 0.717) is 25.8 Å². The van der Waals surface area contributed by atoms with Crippen LogP contribution in [-0.2, 0) is 16.1 Å². The van der Waals surface area contributed by atoms with E-state index >= 15 is 0 Å². The number of aromatic nitrogens is 1. The molecular formula is C15H22N2O3. The molecule has 0 unspecified atom stereocenters. The van der Waals surface area contributed by atoms with Crippen molar-refractivity contribution in [3.8, 4) is 0 Å². The summed E-state index contributed by atoms with van der Waals surface area (Å²) in [5, 5.41) is 12.7. The first-order valence-corrected chi connectivity index (χ1v) is 7.01. The molecule has 1 fully saturated rings. The van der Waals surface area contributed by atoms with Crippen LogP contribution in [0.4, 0.5) is 0 Å². The third kappa shape index (κ3) is 3.55. The monoisotopic (exact) mass is 278 g/mol. The lowest BCUT2D eigenvalue weighted by Crippen LogP contribution is -2.41.